The van der Waals surface area contributed by atoms with Crippen molar-refractivity contribution in [3.63, 3.8) is 0 Å². The van der Waals surface area contributed by atoms with Gasteiger partial charge in [-0.2, -0.15) is 0 Å². The van der Waals surface area contributed by atoms with Gasteiger partial charge < -0.3 is 10.2 Å². The fourth-order valence-electron chi connectivity index (χ4n) is 1.86. The summed E-state index contributed by atoms with van der Waals surface area (Å²) in [7, 11) is 1.71. The van der Waals surface area contributed by atoms with Crippen LogP contribution in [-0.4, -0.2) is 12.5 Å². The van der Waals surface area contributed by atoms with Crippen LogP contribution in [0.1, 0.15) is 18.7 Å². The van der Waals surface area contributed by atoms with Gasteiger partial charge in [-0.3, -0.25) is 4.79 Å². The summed E-state index contributed by atoms with van der Waals surface area (Å²) in [4.78, 5) is 12.1. The Morgan fingerprint density at radius 2 is 2.19 bits per heavy atom. The highest BCUT2D eigenvalue weighted by atomic mass is 35.5. The SMILES string of the molecule is Bn1c([C@H](C)N)cc2cccc(Cl)c2c1=O. The molecule has 82 valence electrons. The highest BCUT2D eigenvalue weighted by Crippen LogP contribution is 2.21. The van der Waals surface area contributed by atoms with E-state index in [4.69, 9.17) is 17.3 Å². The number of pyridine rings is 1. The van der Waals surface area contributed by atoms with Gasteiger partial charge >= 0.3 is 0 Å². The van der Waals surface area contributed by atoms with Gasteiger partial charge in [0.25, 0.3) is 0 Å². The second-order valence-corrected chi connectivity index (χ2v) is 4.33. The van der Waals surface area contributed by atoms with E-state index in [1.807, 2.05) is 25.1 Å². The molecule has 16 heavy (non-hydrogen) atoms. The van der Waals surface area contributed by atoms with Gasteiger partial charge in [0.1, 0.15) is 0 Å². The van der Waals surface area contributed by atoms with E-state index in [-0.39, 0.29) is 11.6 Å². The zero-order valence-corrected chi connectivity index (χ0v) is 9.95. The monoisotopic (exact) mass is 234 g/mol. The Morgan fingerprint density at radius 3 is 2.81 bits per heavy atom. The molecule has 0 saturated carbocycles. The Bertz CT molecular complexity index is 607. The van der Waals surface area contributed by atoms with E-state index in [1.165, 1.54) is 0 Å². The number of aromatic nitrogens is 1. The third kappa shape index (κ3) is 1.64. The van der Waals surface area contributed by atoms with Crippen molar-refractivity contribution < 1.29 is 0 Å². The number of benzene rings is 1. The minimum atomic E-state index is -0.180. The molecular formula is C11H12BClN2O. The Hall–Kier alpha value is -1.26. The minimum absolute atomic E-state index is 0.101. The molecule has 3 nitrogen and oxygen atoms in total. The Balaban J connectivity index is 2.95. The van der Waals surface area contributed by atoms with Crippen LogP contribution < -0.4 is 11.3 Å². The number of hydrogen-bond acceptors (Lipinski definition) is 2. The normalized spacial score (nSPS) is 12.9. The van der Waals surface area contributed by atoms with Crippen molar-refractivity contribution in [2.24, 2.45) is 5.73 Å². The van der Waals surface area contributed by atoms with Crippen LogP contribution in [0.3, 0.4) is 0 Å². The highest BCUT2D eigenvalue weighted by molar-refractivity contribution is 6.35. The van der Waals surface area contributed by atoms with Gasteiger partial charge in [-0.15, -0.1) is 0 Å². The third-order valence-electron chi connectivity index (χ3n) is 2.72. The number of fused-ring (bicyclic) bond motifs is 1. The molecule has 0 amide bonds. The Morgan fingerprint density at radius 1 is 1.50 bits per heavy atom. The largest absolute Gasteiger partial charge is 0.363 e. The Kier molecular flexibility index (Phi) is 2.78. The van der Waals surface area contributed by atoms with Gasteiger partial charge in [0.15, 0.2) is 0 Å². The maximum absolute atomic E-state index is 12.1. The van der Waals surface area contributed by atoms with Crippen molar-refractivity contribution in [2.45, 2.75) is 13.0 Å². The molecule has 0 spiro atoms. The van der Waals surface area contributed by atoms with Crippen LogP contribution in [-0.2, 0) is 0 Å². The molecule has 0 unspecified atom stereocenters. The molecule has 0 saturated heterocycles. The lowest BCUT2D eigenvalue weighted by Gasteiger charge is -2.13. The summed E-state index contributed by atoms with van der Waals surface area (Å²) in [5.41, 5.74) is 6.52. The molecule has 0 bridgehead atoms. The molecule has 2 rings (SSSR count). The molecule has 2 N–H and O–H groups in total. The summed E-state index contributed by atoms with van der Waals surface area (Å²) >= 11 is 6.02. The van der Waals surface area contributed by atoms with E-state index in [0.29, 0.717) is 10.4 Å². The minimum Gasteiger partial charge on any atom is -0.363 e. The fourth-order valence-corrected chi connectivity index (χ4v) is 2.13. The van der Waals surface area contributed by atoms with E-state index in [2.05, 4.69) is 0 Å². The van der Waals surface area contributed by atoms with Gasteiger partial charge in [0.2, 0.25) is 13.5 Å². The summed E-state index contributed by atoms with van der Waals surface area (Å²) in [6.45, 7) is 1.85. The molecule has 0 aliphatic heterocycles. The van der Waals surface area contributed by atoms with Crippen LogP contribution in [0.4, 0.5) is 0 Å². The van der Waals surface area contributed by atoms with Crippen molar-refractivity contribution in [1.82, 2.24) is 4.48 Å². The summed E-state index contributed by atoms with van der Waals surface area (Å²) in [6, 6.07) is 7.15. The van der Waals surface area contributed by atoms with Gasteiger partial charge in [-0.25, -0.2) is 0 Å². The first-order valence-corrected chi connectivity index (χ1v) is 5.44. The van der Waals surface area contributed by atoms with E-state index in [9.17, 15) is 4.79 Å². The van der Waals surface area contributed by atoms with Crippen LogP contribution in [0.5, 0.6) is 0 Å². The molecular weight excluding hydrogens is 222 g/mol. The lowest BCUT2D eigenvalue weighted by molar-refractivity contribution is 0.760. The van der Waals surface area contributed by atoms with Crippen LogP contribution in [0.25, 0.3) is 10.8 Å². The maximum atomic E-state index is 12.1. The van der Waals surface area contributed by atoms with Crippen LogP contribution in [0.2, 0.25) is 5.02 Å². The summed E-state index contributed by atoms with van der Waals surface area (Å²) in [5, 5.41) is 1.87. The smallest absolute Gasteiger partial charge is 0.247 e. The first-order valence-electron chi connectivity index (χ1n) is 5.06. The molecule has 0 aliphatic carbocycles. The van der Waals surface area contributed by atoms with E-state index in [0.717, 1.165) is 11.1 Å². The number of nitrogens with two attached hydrogens (primary N) is 1. The molecule has 0 aliphatic rings. The number of nitrogens with zero attached hydrogens (tertiary/aromatic N) is 1. The average Bonchev–Trinajstić information content (AvgIpc) is 2.22. The number of hydrogen-bond donors (Lipinski definition) is 1. The molecule has 1 atom stereocenters. The van der Waals surface area contributed by atoms with Crippen molar-refractivity contribution in [3.05, 3.63) is 45.3 Å². The molecule has 0 fully saturated rings. The fraction of sp³-hybridized carbons (Fsp3) is 0.182. The van der Waals surface area contributed by atoms with Crippen molar-refractivity contribution >= 4 is 30.4 Å². The van der Waals surface area contributed by atoms with Gasteiger partial charge in [0, 0.05) is 11.7 Å². The summed E-state index contributed by atoms with van der Waals surface area (Å²) in [6.07, 6.45) is 0. The lowest BCUT2D eigenvalue weighted by Crippen LogP contribution is -2.25. The van der Waals surface area contributed by atoms with E-state index in [1.54, 1.807) is 18.5 Å². The van der Waals surface area contributed by atoms with Crippen LogP contribution in [0, 0.1) is 0 Å². The van der Waals surface area contributed by atoms with Crippen molar-refractivity contribution in [1.29, 1.82) is 0 Å². The van der Waals surface area contributed by atoms with Crippen molar-refractivity contribution in [2.75, 3.05) is 0 Å². The summed E-state index contributed by atoms with van der Waals surface area (Å²) in [5.74, 6) is 0. The Labute approximate surface area is 99.3 Å². The zero-order chi connectivity index (χ0) is 11.9. The molecule has 1 heterocycles. The number of halogens is 1. The van der Waals surface area contributed by atoms with Gasteiger partial charge in [0.05, 0.1) is 10.4 Å². The molecule has 5 heteroatoms. The highest BCUT2D eigenvalue weighted by Gasteiger charge is 2.10. The molecule has 1 aromatic carbocycles. The van der Waals surface area contributed by atoms with E-state index >= 15 is 0 Å². The standard InChI is InChI=1S/C11H12BClN2O/c1-6(14)9-5-7-3-2-4-8(13)10(7)11(16)15(9)12/h2-6H,12,14H2,1H3/t6-/m0/s1. The second-order valence-electron chi connectivity index (χ2n) is 3.93. The predicted octanol–water partition coefficient (Wildman–Crippen LogP) is 1.07. The molecule has 2 aromatic rings. The topological polar surface area (TPSA) is 48.0 Å². The van der Waals surface area contributed by atoms with Crippen LogP contribution in [0.15, 0.2) is 29.1 Å². The molecule has 0 radical (unpaired) electrons. The first kappa shape index (κ1) is 11.2. The summed E-state index contributed by atoms with van der Waals surface area (Å²) < 4.78 is 1.55. The lowest BCUT2D eigenvalue weighted by atomic mass is 10.1. The quantitative estimate of drug-likeness (QED) is 0.751. The zero-order valence-electron chi connectivity index (χ0n) is 9.20. The predicted molar refractivity (Wildman–Crippen MR) is 69.8 cm³/mol. The van der Waals surface area contributed by atoms with Crippen LogP contribution >= 0.6 is 11.6 Å². The van der Waals surface area contributed by atoms with Crippen molar-refractivity contribution in [3.8, 4) is 0 Å². The second kappa shape index (κ2) is 3.96. The average molecular weight is 234 g/mol. The van der Waals surface area contributed by atoms with Gasteiger partial charge in [-0.05, 0) is 24.4 Å². The van der Waals surface area contributed by atoms with Gasteiger partial charge in [-0.1, -0.05) is 23.7 Å². The maximum Gasteiger partial charge on any atom is 0.247 e. The first-order chi connectivity index (χ1) is 7.52. The molecule has 1 aromatic heterocycles. The third-order valence-corrected chi connectivity index (χ3v) is 3.04. The van der Waals surface area contributed by atoms with E-state index < -0.39 is 0 Å². The number of rotatable bonds is 1.